The molecule has 18 heavy (non-hydrogen) atoms. The van der Waals surface area contributed by atoms with Crippen molar-refractivity contribution in [2.75, 3.05) is 11.9 Å². The lowest BCUT2D eigenvalue weighted by Crippen LogP contribution is -2.12. The zero-order valence-corrected chi connectivity index (χ0v) is 11.9. The average Bonchev–Trinajstić information content (AvgIpc) is 2.38. The van der Waals surface area contributed by atoms with Crippen molar-refractivity contribution in [3.05, 3.63) is 63.6 Å². The highest BCUT2D eigenvalue weighted by Gasteiger charge is 2.07. The van der Waals surface area contributed by atoms with Gasteiger partial charge in [0.15, 0.2) is 0 Å². The van der Waals surface area contributed by atoms with Crippen LogP contribution in [0, 0.1) is 0 Å². The van der Waals surface area contributed by atoms with E-state index in [9.17, 15) is 5.11 Å². The lowest BCUT2D eigenvalue weighted by atomic mass is 10.1. The molecule has 0 fully saturated rings. The number of hydrogen-bond donors (Lipinski definition) is 2. The normalized spacial score (nSPS) is 12.2. The van der Waals surface area contributed by atoms with E-state index >= 15 is 0 Å². The molecule has 0 heterocycles. The number of aliphatic hydroxyl groups is 1. The minimum Gasteiger partial charge on any atom is -0.387 e. The lowest BCUT2D eigenvalue weighted by molar-refractivity contribution is 0.191. The summed E-state index contributed by atoms with van der Waals surface area (Å²) in [7, 11) is 0. The van der Waals surface area contributed by atoms with E-state index in [2.05, 4.69) is 21.2 Å². The summed E-state index contributed by atoms with van der Waals surface area (Å²) in [5.74, 6) is 0. The molecule has 0 aliphatic carbocycles. The second-order valence-electron chi connectivity index (χ2n) is 3.93. The van der Waals surface area contributed by atoms with Gasteiger partial charge in [-0.15, -0.1) is 0 Å². The average molecular weight is 327 g/mol. The fraction of sp³-hybridized carbons (Fsp3) is 0.143. The van der Waals surface area contributed by atoms with Gasteiger partial charge < -0.3 is 10.4 Å². The number of para-hydroxylation sites is 1. The van der Waals surface area contributed by atoms with Crippen LogP contribution >= 0.6 is 27.5 Å². The van der Waals surface area contributed by atoms with Crippen LogP contribution in [0.1, 0.15) is 11.7 Å². The molecule has 2 aromatic rings. The molecule has 0 saturated heterocycles. The SMILES string of the molecule is OC(CNc1ccccc1Br)c1ccc(Cl)cc1. The number of rotatable bonds is 4. The van der Waals surface area contributed by atoms with Crippen LogP contribution in [0.5, 0.6) is 0 Å². The first kappa shape index (κ1) is 13.4. The van der Waals surface area contributed by atoms with Gasteiger partial charge in [-0.3, -0.25) is 0 Å². The Kier molecular flexibility index (Phi) is 4.64. The minimum absolute atomic E-state index is 0.449. The summed E-state index contributed by atoms with van der Waals surface area (Å²) < 4.78 is 0.980. The van der Waals surface area contributed by atoms with Gasteiger partial charge in [-0.25, -0.2) is 0 Å². The van der Waals surface area contributed by atoms with Crippen molar-refractivity contribution in [2.45, 2.75) is 6.10 Å². The van der Waals surface area contributed by atoms with Gasteiger partial charge >= 0.3 is 0 Å². The van der Waals surface area contributed by atoms with Crippen molar-refractivity contribution in [3.8, 4) is 0 Å². The van der Waals surface area contributed by atoms with Gasteiger partial charge in [-0.05, 0) is 45.8 Å². The first-order chi connectivity index (χ1) is 8.66. The molecule has 2 aromatic carbocycles. The van der Waals surface area contributed by atoms with Crippen LogP contribution in [-0.2, 0) is 0 Å². The molecule has 0 radical (unpaired) electrons. The van der Waals surface area contributed by atoms with E-state index in [1.165, 1.54) is 0 Å². The third kappa shape index (κ3) is 3.48. The summed E-state index contributed by atoms with van der Waals surface area (Å²) in [5, 5.41) is 13.9. The first-order valence-corrected chi connectivity index (χ1v) is 6.76. The van der Waals surface area contributed by atoms with Crippen molar-refractivity contribution in [1.29, 1.82) is 0 Å². The Morgan fingerprint density at radius 3 is 2.44 bits per heavy atom. The molecule has 0 aromatic heterocycles. The van der Waals surface area contributed by atoms with Gasteiger partial charge in [0.1, 0.15) is 0 Å². The summed E-state index contributed by atoms with van der Waals surface area (Å²) in [6.45, 7) is 0.449. The van der Waals surface area contributed by atoms with Gasteiger partial charge in [0, 0.05) is 21.7 Å². The maximum absolute atomic E-state index is 10.0. The Labute approximate surface area is 120 Å². The largest absolute Gasteiger partial charge is 0.387 e. The molecule has 2 nitrogen and oxygen atoms in total. The third-order valence-electron chi connectivity index (χ3n) is 2.61. The van der Waals surface area contributed by atoms with Crippen molar-refractivity contribution in [1.82, 2.24) is 0 Å². The highest BCUT2D eigenvalue weighted by Crippen LogP contribution is 2.23. The number of anilines is 1. The summed E-state index contributed by atoms with van der Waals surface area (Å²) >= 11 is 9.26. The van der Waals surface area contributed by atoms with Crippen molar-refractivity contribution in [3.63, 3.8) is 0 Å². The van der Waals surface area contributed by atoms with Crippen molar-refractivity contribution < 1.29 is 5.11 Å². The van der Waals surface area contributed by atoms with E-state index in [0.29, 0.717) is 11.6 Å². The predicted octanol–water partition coefficient (Wildman–Crippen LogP) is 4.25. The molecule has 2 N–H and O–H groups in total. The van der Waals surface area contributed by atoms with Crippen LogP contribution in [0.15, 0.2) is 53.0 Å². The standard InChI is InChI=1S/C14H13BrClNO/c15-12-3-1-2-4-13(12)17-9-14(18)10-5-7-11(16)8-6-10/h1-8,14,17-18H,9H2. The Bertz CT molecular complexity index is 515. The van der Waals surface area contributed by atoms with Crippen LogP contribution in [0.3, 0.4) is 0 Å². The second-order valence-corrected chi connectivity index (χ2v) is 5.22. The maximum Gasteiger partial charge on any atom is 0.0962 e. The zero-order valence-electron chi connectivity index (χ0n) is 9.61. The third-order valence-corrected chi connectivity index (χ3v) is 3.56. The molecular weight excluding hydrogens is 314 g/mol. The molecule has 0 saturated carbocycles. The number of nitrogens with one attached hydrogen (secondary N) is 1. The van der Waals surface area contributed by atoms with Gasteiger partial charge in [-0.1, -0.05) is 35.9 Å². The van der Waals surface area contributed by atoms with E-state index in [-0.39, 0.29) is 0 Å². The van der Waals surface area contributed by atoms with Gasteiger partial charge in [-0.2, -0.15) is 0 Å². The van der Waals surface area contributed by atoms with E-state index in [1.807, 2.05) is 36.4 Å². The molecule has 0 aliphatic rings. The molecule has 0 bridgehead atoms. The fourth-order valence-electron chi connectivity index (χ4n) is 1.61. The summed E-state index contributed by atoms with van der Waals surface area (Å²) in [6, 6.07) is 15.0. The molecule has 0 aliphatic heterocycles. The second kappa shape index (κ2) is 6.23. The van der Waals surface area contributed by atoms with Gasteiger partial charge in [0.05, 0.1) is 6.10 Å². The molecule has 4 heteroatoms. The Balaban J connectivity index is 1.98. The minimum atomic E-state index is -0.561. The van der Waals surface area contributed by atoms with Crippen LogP contribution < -0.4 is 5.32 Å². The predicted molar refractivity (Wildman–Crippen MR) is 79.0 cm³/mol. The van der Waals surface area contributed by atoms with Gasteiger partial charge in [0.25, 0.3) is 0 Å². The van der Waals surface area contributed by atoms with Crippen molar-refractivity contribution >= 4 is 33.2 Å². The number of hydrogen-bond acceptors (Lipinski definition) is 2. The van der Waals surface area contributed by atoms with Crippen LogP contribution in [0.2, 0.25) is 5.02 Å². The molecule has 0 spiro atoms. The lowest BCUT2D eigenvalue weighted by Gasteiger charge is -2.14. The molecule has 0 amide bonds. The summed E-state index contributed by atoms with van der Waals surface area (Å²) in [6.07, 6.45) is -0.561. The van der Waals surface area contributed by atoms with E-state index in [4.69, 9.17) is 11.6 Å². The van der Waals surface area contributed by atoms with Crippen LogP contribution in [0.4, 0.5) is 5.69 Å². The molecule has 94 valence electrons. The molecule has 2 rings (SSSR count). The van der Waals surface area contributed by atoms with E-state index in [0.717, 1.165) is 15.7 Å². The molecule has 1 atom stereocenters. The Hall–Kier alpha value is -1.03. The summed E-state index contributed by atoms with van der Waals surface area (Å²) in [4.78, 5) is 0. The maximum atomic E-state index is 10.0. The topological polar surface area (TPSA) is 32.3 Å². The molecular formula is C14H13BrClNO. The highest BCUT2D eigenvalue weighted by molar-refractivity contribution is 9.10. The summed E-state index contributed by atoms with van der Waals surface area (Å²) in [5.41, 5.74) is 1.81. The molecule has 1 unspecified atom stereocenters. The first-order valence-electron chi connectivity index (χ1n) is 5.59. The van der Waals surface area contributed by atoms with Gasteiger partial charge in [0.2, 0.25) is 0 Å². The monoisotopic (exact) mass is 325 g/mol. The van der Waals surface area contributed by atoms with E-state index < -0.39 is 6.10 Å². The van der Waals surface area contributed by atoms with Crippen molar-refractivity contribution in [2.24, 2.45) is 0 Å². The Morgan fingerprint density at radius 2 is 1.78 bits per heavy atom. The quantitative estimate of drug-likeness (QED) is 0.880. The highest BCUT2D eigenvalue weighted by atomic mass is 79.9. The fourth-order valence-corrected chi connectivity index (χ4v) is 2.16. The van der Waals surface area contributed by atoms with Crippen LogP contribution in [0.25, 0.3) is 0 Å². The number of halogens is 2. The van der Waals surface area contributed by atoms with Crippen LogP contribution in [-0.4, -0.2) is 11.7 Å². The zero-order chi connectivity index (χ0) is 13.0. The number of benzene rings is 2. The smallest absolute Gasteiger partial charge is 0.0962 e. The Morgan fingerprint density at radius 1 is 1.11 bits per heavy atom. The van der Waals surface area contributed by atoms with E-state index in [1.54, 1.807) is 12.1 Å². The number of aliphatic hydroxyl groups excluding tert-OH is 1.